The molecule has 1 fully saturated rings. The summed E-state index contributed by atoms with van der Waals surface area (Å²) in [5, 5.41) is 0. The molecular weight excluding hydrogens is 195 g/mol. The van der Waals surface area contributed by atoms with Crippen molar-refractivity contribution in [2.75, 3.05) is 0 Å². The molecule has 16 heavy (non-hydrogen) atoms. The van der Waals surface area contributed by atoms with Gasteiger partial charge in [0.05, 0.1) is 0 Å². The van der Waals surface area contributed by atoms with E-state index in [1.54, 1.807) is 0 Å². The van der Waals surface area contributed by atoms with Crippen molar-refractivity contribution in [3.05, 3.63) is 0 Å². The van der Waals surface area contributed by atoms with Crippen LogP contribution >= 0.6 is 0 Å². The molecule has 1 atom stereocenters. The van der Waals surface area contributed by atoms with E-state index >= 15 is 0 Å². The molecule has 0 saturated carbocycles. The molecule has 0 aromatic rings. The first kappa shape index (κ1) is 14.1. The smallest absolute Gasteiger partial charge is 0.290 e. The number of rotatable bonds is 4. The Morgan fingerprint density at radius 1 is 0.750 bits per heavy atom. The quantitative estimate of drug-likeness (QED) is 0.654. The molecule has 1 rings (SSSR count). The minimum atomic E-state index is 0.501. The van der Waals surface area contributed by atoms with Crippen LogP contribution in [0.1, 0.15) is 48.0 Å². The van der Waals surface area contributed by atoms with E-state index in [2.05, 4.69) is 78.4 Å². The zero-order chi connectivity index (χ0) is 12.3. The van der Waals surface area contributed by atoms with Gasteiger partial charge in [-0.15, -0.1) is 0 Å². The molecule has 1 saturated heterocycles. The monoisotopic (exact) mass is 218 g/mol. The Bertz CT molecular complexity index is 197. The molecule has 87 valence electrons. The van der Waals surface area contributed by atoms with Gasteiger partial charge in [-0.25, -0.2) is 0 Å². The summed E-state index contributed by atoms with van der Waals surface area (Å²) >= 11 is 0. The van der Waals surface area contributed by atoms with Crippen molar-refractivity contribution in [1.29, 1.82) is 0 Å². The van der Waals surface area contributed by atoms with Crippen LogP contribution in [0.5, 0.6) is 0 Å². The summed E-state index contributed by atoms with van der Waals surface area (Å²) in [6.45, 7) is 13.3. The summed E-state index contributed by atoms with van der Waals surface area (Å²) in [4.78, 5) is 0. The van der Waals surface area contributed by atoms with Crippen LogP contribution in [-0.2, 0) is 0 Å². The second kappa shape index (κ2) is 6.13. The Balaban J connectivity index is 2.66. The maximum absolute atomic E-state index is 2.31. The largest absolute Gasteiger partial charge is 0.363 e. The molecule has 0 aliphatic carbocycles. The Morgan fingerprint density at radius 2 is 1.12 bits per heavy atom. The average molecular weight is 218 g/mol. The summed E-state index contributed by atoms with van der Waals surface area (Å²) < 4.78 is 6.85. The molecule has 1 aliphatic rings. The van der Waals surface area contributed by atoms with Crippen LogP contribution in [0.2, 0.25) is 0 Å². The highest BCUT2D eigenvalue weighted by atomic mass is 15.3. The van der Waals surface area contributed by atoms with Crippen LogP contribution in [0.4, 0.5) is 0 Å². The van der Waals surface area contributed by atoms with Crippen LogP contribution in [-0.4, -0.2) is 54.9 Å². The van der Waals surface area contributed by atoms with E-state index in [0.717, 1.165) is 6.42 Å². The zero-order valence-corrected chi connectivity index (χ0v) is 11.5. The fourth-order valence-electron chi connectivity index (χ4n) is 1.52. The summed E-state index contributed by atoms with van der Waals surface area (Å²) in [6, 6.07) is 1.55. The Kier molecular flexibility index (Phi) is 5.41. The number of hydrogen-bond donors (Lipinski definition) is 0. The first-order valence-corrected chi connectivity index (χ1v) is 6.33. The van der Waals surface area contributed by atoms with E-state index in [-0.39, 0.29) is 0 Å². The third-order valence-corrected chi connectivity index (χ3v) is 3.09. The molecule has 0 N–H and O–H groups in total. The van der Waals surface area contributed by atoms with Crippen molar-refractivity contribution < 1.29 is 0 Å². The molecule has 1 heterocycles. The van der Waals surface area contributed by atoms with E-state index in [4.69, 9.17) is 0 Å². The summed E-state index contributed by atoms with van der Waals surface area (Å²) in [6.07, 6.45) is 1.16. The van der Waals surface area contributed by atoms with Crippen LogP contribution < -0.4 is 0 Å². The van der Waals surface area contributed by atoms with Crippen molar-refractivity contribution in [1.82, 2.24) is 14.2 Å². The van der Waals surface area contributed by atoms with Gasteiger partial charge in [0.1, 0.15) is 0 Å². The lowest BCUT2D eigenvalue weighted by atomic mass is 9.70. The van der Waals surface area contributed by atoms with Gasteiger partial charge in [0.2, 0.25) is 0 Å². The zero-order valence-electron chi connectivity index (χ0n) is 11.5. The van der Waals surface area contributed by atoms with Crippen LogP contribution in [0.25, 0.3) is 0 Å². The predicted octanol–water partition coefficient (Wildman–Crippen LogP) is 1.12. The van der Waals surface area contributed by atoms with Crippen molar-refractivity contribution in [2.24, 2.45) is 0 Å². The lowest BCUT2D eigenvalue weighted by molar-refractivity contribution is 0.370. The average Bonchev–Trinajstić information content (AvgIpc) is 2.27. The second-order valence-corrected chi connectivity index (χ2v) is 5.13. The Labute approximate surface area is 103 Å². The van der Waals surface area contributed by atoms with Crippen molar-refractivity contribution >= 4 is 22.6 Å². The molecule has 0 amide bonds. The minimum Gasteiger partial charge on any atom is -0.363 e. The van der Waals surface area contributed by atoms with Crippen molar-refractivity contribution in [2.45, 2.75) is 66.1 Å². The summed E-state index contributed by atoms with van der Waals surface area (Å²) in [5.74, 6) is 0. The van der Waals surface area contributed by atoms with Crippen molar-refractivity contribution in [3.8, 4) is 0 Å². The first-order valence-electron chi connectivity index (χ1n) is 6.33. The summed E-state index contributed by atoms with van der Waals surface area (Å²) in [5.41, 5.74) is 0. The molecule has 0 bridgehead atoms. The van der Waals surface area contributed by atoms with Gasteiger partial charge in [-0.2, -0.15) is 0 Å². The van der Waals surface area contributed by atoms with Gasteiger partial charge in [-0.1, -0.05) is 41.5 Å². The third kappa shape index (κ3) is 3.54. The van der Waals surface area contributed by atoms with Gasteiger partial charge in [0.15, 0.2) is 0 Å². The molecule has 6 heteroatoms. The van der Waals surface area contributed by atoms with Crippen LogP contribution in [0.3, 0.4) is 0 Å². The SMILES string of the molecule is CCC(C)N1[B]N(C(C)C)[B]N(C(C)C)[B]1. The predicted molar refractivity (Wildman–Crippen MR) is 72.8 cm³/mol. The Morgan fingerprint density at radius 3 is 1.44 bits per heavy atom. The molecule has 1 unspecified atom stereocenters. The Hall–Kier alpha value is 0.0748. The van der Waals surface area contributed by atoms with Gasteiger partial charge in [0.25, 0.3) is 22.6 Å². The maximum atomic E-state index is 2.31. The highest BCUT2D eigenvalue weighted by Gasteiger charge is 2.32. The summed E-state index contributed by atoms with van der Waals surface area (Å²) in [7, 11) is 6.60. The maximum Gasteiger partial charge on any atom is 0.290 e. The van der Waals surface area contributed by atoms with Gasteiger partial charge < -0.3 is 14.2 Å². The van der Waals surface area contributed by atoms with Crippen molar-refractivity contribution in [3.63, 3.8) is 0 Å². The van der Waals surface area contributed by atoms with E-state index < -0.39 is 0 Å². The molecular formula is C10H23B3N3. The highest BCUT2D eigenvalue weighted by molar-refractivity contribution is 6.65. The second-order valence-electron chi connectivity index (χ2n) is 5.13. The van der Waals surface area contributed by atoms with Gasteiger partial charge in [0, 0.05) is 0 Å². The van der Waals surface area contributed by atoms with Gasteiger partial charge in [-0.05, 0) is 24.5 Å². The molecule has 1 aliphatic heterocycles. The molecule has 3 radical (unpaired) electrons. The molecule has 0 aromatic carbocycles. The van der Waals surface area contributed by atoms with E-state index in [1.165, 1.54) is 0 Å². The standard InChI is InChI=1S/C10H23B3N3/c1-7-10(6)16-12-14(8(2)3)11-15(13-16)9(4)5/h8-10H,7H2,1-6H3. The first-order chi connectivity index (χ1) is 7.45. The highest BCUT2D eigenvalue weighted by Crippen LogP contribution is 2.12. The topological polar surface area (TPSA) is 9.72 Å². The van der Waals surface area contributed by atoms with Gasteiger partial charge in [-0.3, -0.25) is 0 Å². The minimum absolute atomic E-state index is 0.501. The van der Waals surface area contributed by atoms with Crippen LogP contribution in [0.15, 0.2) is 0 Å². The lowest BCUT2D eigenvalue weighted by Gasteiger charge is -2.45. The fourth-order valence-corrected chi connectivity index (χ4v) is 1.52. The molecule has 3 nitrogen and oxygen atoms in total. The van der Waals surface area contributed by atoms with E-state index in [0.29, 0.717) is 18.1 Å². The number of nitrogens with zero attached hydrogens (tertiary/aromatic N) is 3. The van der Waals surface area contributed by atoms with Gasteiger partial charge >= 0.3 is 0 Å². The normalized spacial score (nSPS) is 21.8. The fraction of sp³-hybridized carbons (Fsp3) is 1.00. The lowest BCUT2D eigenvalue weighted by Crippen LogP contribution is -2.66. The van der Waals surface area contributed by atoms with E-state index in [9.17, 15) is 0 Å². The van der Waals surface area contributed by atoms with Crippen LogP contribution in [0, 0.1) is 0 Å². The molecule has 0 aromatic heterocycles. The third-order valence-electron chi connectivity index (χ3n) is 3.09. The van der Waals surface area contributed by atoms with E-state index in [1.807, 2.05) is 0 Å². The molecule has 0 spiro atoms. The number of hydrogen-bond acceptors (Lipinski definition) is 3.